The third-order valence-electron chi connectivity index (χ3n) is 3.83. The van der Waals surface area contributed by atoms with E-state index < -0.39 is 5.97 Å². The van der Waals surface area contributed by atoms with Gasteiger partial charge in [0.05, 0.1) is 12.8 Å². The average molecular weight is 399 g/mol. The number of thiophene rings is 1. The maximum Gasteiger partial charge on any atom is 0.356 e. The minimum Gasteiger partial charge on any atom is -0.464 e. The van der Waals surface area contributed by atoms with E-state index in [2.05, 4.69) is 15.6 Å². The zero-order valence-corrected chi connectivity index (χ0v) is 16.1. The first-order chi connectivity index (χ1) is 13.1. The monoisotopic (exact) mass is 399 g/mol. The van der Waals surface area contributed by atoms with Crippen molar-refractivity contribution >= 4 is 46.2 Å². The summed E-state index contributed by atoms with van der Waals surface area (Å²) >= 11 is 6.86. The van der Waals surface area contributed by atoms with Crippen molar-refractivity contribution in [2.75, 3.05) is 12.4 Å². The molecule has 0 atom stereocenters. The van der Waals surface area contributed by atoms with Crippen LogP contribution in [0.3, 0.4) is 0 Å². The fraction of sp³-hybridized carbons (Fsp3) is 0.105. The predicted octanol–water partition coefficient (Wildman–Crippen LogP) is 3.58. The highest BCUT2D eigenvalue weighted by atomic mass is 32.1. The van der Waals surface area contributed by atoms with Crippen LogP contribution < -0.4 is 10.6 Å². The molecule has 138 valence electrons. The molecule has 0 radical (unpaired) electrons. The van der Waals surface area contributed by atoms with Gasteiger partial charge in [-0.15, -0.1) is 0 Å². The van der Waals surface area contributed by atoms with Crippen LogP contribution in [0.4, 0.5) is 5.69 Å². The quantitative estimate of drug-likeness (QED) is 0.451. The van der Waals surface area contributed by atoms with Crippen LogP contribution in [0.15, 0.2) is 53.4 Å². The van der Waals surface area contributed by atoms with Crippen LogP contribution in [0.2, 0.25) is 0 Å². The average Bonchev–Trinajstić information content (AvgIpc) is 3.33. The molecule has 0 bridgehead atoms. The fourth-order valence-electron chi connectivity index (χ4n) is 2.53. The van der Waals surface area contributed by atoms with Gasteiger partial charge in [-0.05, 0) is 52.3 Å². The van der Waals surface area contributed by atoms with Crippen LogP contribution in [-0.4, -0.2) is 29.1 Å². The lowest BCUT2D eigenvalue weighted by Crippen LogP contribution is -2.34. The van der Waals surface area contributed by atoms with Gasteiger partial charge >= 0.3 is 5.97 Å². The van der Waals surface area contributed by atoms with E-state index in [9.17, 15) is 9.59 Å². The van der Waals surface area contributed by atoms with Gasteiger partial charge in [-0.25, -0.2) is 4.79 Å². The first-order valence-corrected chi connectivity index (χ1v) is 9.40. The number of aromatic nitrogens is 1. The van der Waals surface area contributed by atoms with E-state index in [0.717, 1.165) is 11.1 Å². The number of aromatic amines is 1. The van der Waals surface area contributed by atoms with Gasteiger partial charge in [0.2, 0.25) is 0 Å². The smallest absolute Gasteiger partial charge is 0.356 e. The Labute approximate surface area is 165 Å². The lowest BCUT2D eigenvalue weighted by atomic mass is 10.1. The van der Waals surface area contributed by atoms with Crippen LogP contribution in [0, 0.1) is 0 Å². The van der Waals surface area contributed by atoms with Gasteiger partial charge in [0, 0.05) is 18.2 Å². The molecule has 3 rings (SSSR count). The largest absolute Gasteiger partial charge is 0.464 e. The minimum absolute atomic E-state index is 0.0974. The van der Waals surface area contributed by atoms with Crippen molar-refractivity contribution in [3.8, 4) is 0 Å². The second-order valence-corrected chi connectivity index (χ2v) is 6.83. The molecule has 0 unspecified atom stereocenters. The molecule has 3 N–H and O–H groups in total. The SMILES string of the molecule is COC(=O)c1[nH]cc(Cc2ccsc2)c1NC(=S)NC(=O)c1ccccc1. The number of ether oxygens (including phenoxy) is 1. The zero-order valence-electron chi connectivity index (χ0n) is 14.4. The van der Waals surface area contributed by atoms with Crippen molar-refractivity contribution in [1.29, 1.82) is 0 Å². The number of rotatable bonds is 5. The summed E-state index contributed by atoms with van der Waals surface area (Å²) in [5.74, 6) is -0.853. The van der Waals surface area contributed by atoms with E-state index >= 15 is 0 Å². The third kappa shape index (κ3) is 4.60. The number of esters is 1. The van der Waals surface area contributed by atoms with Crippen molar-refractivity contribution in [1.82, 2.24) is 10.3 Å². The number of thiocarbonyl (C=S) groups is 1. The molecule has 6 nitrogen and oxygen atoms in total. The number of nitrogens with one attached hydrogen (secondary N) is 3. The Hall–Kier alpha value is -2.97. The summed E-state index contributed by atoms with van der Waals surface area (Å²) in [4.78, 5) is 27.2. The Kier molecular flexibility index (Phi) is 6.00. The maximum atomic E-state index is 12.3. The van der Waals surface area contributed by atoms with E-state index in [1.54, 1.807) is 41.8 Å². The second kappa shape index (κ2) is 8.61. The molecule has 1 amide bonds. The standard InChI is InChI=1S/C19H17N3O3S2/c1-25-18(24)16-15(14(10-20-16)9-12-7-8-27-11-12)21-19(26)22-17(23)13-5-3-2-4-6-13/h2-8,10-11,20H,9H2,1H3,(H2,21,22,23,26). The molecule has 3 aromatic rings. The normalized spacial score (nSPS) is 10.3. The van der Waals surface area contributed by atoms with Crippen LogP contribution in [0.1, 0.15) is 32.0 Å². The Morgan fingerprint density at radius 2 is 2.00 bits per heavy atom. The Morgan fingerprint density at radius 1 is 1.22 bits per heavy atom. The second-order valence-electron chi connectivity index (χ2n) is 5.64. The van der Waals surface area contributed by atoms with E-state index in [1.807, 2.05) is 22.9 Å². The van der Waals surface area contributed by atoms with E-state index in [4.69, 9.17) is 17.0 Å². The van der Waals surface area contributed by atoms with Crippen molar-refractivity contribution in [3.05, 3.63) is 75.7 Å². The number of hydrogen-bond acceptors (Lipinski definition) is 5. The number of carbonyl (C=O) groups excluding carboxylic acids is 2. The first kappa shape index (κ1) is 18.8. The summed E-state index contributed by atoms with van der Waals surface area (Å²) < 4.78 is 4.82. The topological polar surface area (TPSA) is 83.2 Å². The van der Waals surface area contributed by atoms with E-state index in [1.165, 1.54) is 7.11 Å². The van der Waals surface area contributed by atoms with Gasteiger partial charge in [0.15, 0.2) is 5.11 Å². The van der Waals surface area contributed by atoms with Crippen molar-refractivity contribution in [2.24, 2.45) is 0 Å². The maximum absolute atomic E-state index is 12.3. The number of hydrogen-bond donors (Lipinski definition) is 3. The van der Waals surface area contributed by atoms with Gasteiger partial charge in [0.1, 0.15) is 5.69 Å². The van der Waals surface area contributed by atoms with Crippen LogP contribution >= 0.6 is 23.6 Å². The van der Waals surface area contributed by atoms with Crippen LogP contribution in [0.25, 0.3) is 0 Å². The van der Waals surface area contributed by atoms with Crippen molar-refractivity contribution < 1.29 is 14.3 Å². The molecule has 0 fully saturated rings. The number of methoxy groups -OCH3 is 1. The molecular formula is C19H17N3O3S2. The first-order valence-electron chi connectivity index (χ1n) is 8.05. The lowest BCUT2D eigenvalue weighted by molar-refractivity contribution is 0.0596. The van der Waals surface area contributed by atoms with Crippen molar-refractivity contribution in [3.63, 3.8) is 0 Å². The van der Waals surface area contributed by atoms with Gasteiger partial charge in [-0.2, -0.15) is 11.3 Å². The van der Waals surface area contributed by atoms with Gasteiger partial charge in [-0.1, -0.05) is 18.2 Å². The van der Waals surface area contributed by atoms with Crippen molar-refractivity contribution in [2.45, 2.75) is 6.42 Å². The van der Waals surface area contributed by atoms with Gasteiger partial charge in [-0.3, -0.25) is 10.1 Å². The molecule has 0 spiro atoms. The minimum atomic E-state index is -0.522. The van der Waals surface area contributed by atoms with E-state index in [-0.39, 0.29) is 16.7 Å². The predicted molar refractivity (Wildman–Crippen MR) is 109 cm³/mol. The summed E-state index contributed by atoms with van der Waals surface area (Å²) in [5, 5.41) is 9.70. The fourth-order valence-corrected chi connectivity index (χ4v) is 3.40. The Morgan fingerprint density at radius 3 is 2.67 bits per heavy atom. The number of amides is 1. The molecule has 8 heteroatoms. The van der Waals surface area contributed by atoms with Crippen LogP contribution in [0.5, 0.6) is 0 Å². The zero-order chi connectivity index (χ0) is 19.2. The molecule has 27 heavy (non-hydrogen) atoms. The molecule has 0 saturated heterocycles. The molecule has 1 aromatic carbocycles. The summed E-state index contributed by atoms with van der Waals surface area (Å²) in [6.45, 7) is 0. The number of carbonyl (C=O) groups is 2. The highest BCUT2D eigenvalue weighted by Crippen LogP contribution is 2.25. The summed E-state index contributed by atoms with van der Waals surface area (Å²) in [5.41, 5.74) is 3.18. The summed E-state index contributed by atoms with van der Waals surface area (Å²) in [6, 6.07) is 10.8. The lowest BCUT2D eigenvalue weighted by Gasteiger charge is -2.12. The third-order valence-corrected chi connectivity index (χ3v) is 4.76. The molecule has 0 saturated carbocycles. The number of benzene rings is 1. The summed E-state index contributed by atoms with van der Waals surface area (Å²) in [6.07, 6.45) is 2.34. The van der Waals surface area contributed by atoms with Gasteiger partial charge in [0.25, 0.3) is 5.91 Å². The molecule has 0 aliphatic heterocycles. The van der Waals surface area contributed by atoms with Gasteiger partial charge < -0.3 is 15.0 Å². The molecule has 0 aliphatic rings. The molecular weight excluding hydrogens is 382 g/mol. The van der Waals surface area contributed by atoms with Crippen LogP contribution in [-0.2, 0) is 11.2 Å². The molecule has 2 aromatic heterocycles. The molecule has 0 aliphatic carbocycles. The highest BCUT2D eigenvalue weighted by Gasteiger charge is 2.20. The highest BCUT2D eigenvalue weighted by molar-refractivity contribution is 7.80. The number of anilines is 1. The van der Waals surface area contributed by atoms with E-state index in [0.29, 0.717) is 17.7 Å². The Balaban J connectivity index is 1.79. The Bertz CT molecular complexity index is 950. The molecule has 2 heterocycles. The summed E-state index contributed by atoms with van der Waals surface area (Å²) in [7, 11) is 1.31. The number of H-pyrrole nitrogens is 1.